The van der Waals surface area contributed by atoms with Crippen LogP contribution in [-0.2, 0) is 18.4 Å². The van der Waals surface area contributed by atoms with Crippen molar-refractivity contribution in [3.05, 3.63) is 15.6 Å². The van der Waals surface area contributed by atoms with Crippen LogP contribution in [0, 0.1) is 0 Å². The van der Waals surface area contributed by atoms with Crippen LogP contribution in [0.3, 0.4) is 0 Å². The average molecular weight is 297 g/mol. The van der Waals surface area contributed by atoms with Gasteiger partial charge in [-0.2, -0.15) is 11.8 Å². The Kier molecular flexibility index (Phi) is 3.93. The SMILES string of the molecule is CC(C)NC1(c2nc3c(s2)CCCC3)CCSC1C. The van der Waals surface area contributed by atoms with Gasteiger partial charge in [0.15, 0.2) is 0 Å². The van der Waals surface area contributed by atoms with E-state index in [1.807, 2.05) is 11.3 Å². The minimum absolute atomic E-state index is 0.126. The Balaban J connectivity index is 1.97. The van der Waals surface area contributed by atoms with Crippen LogP contribution in [0.5, 0.6) is 0 Å². The number of thiazole rings is 1. The summed E-state index contributed by atoms with van der Waals surface area (Å²) in [5, 5.41) is 5.85. The molecule has 1 aromatic heterocycles. The molecule has 1 aliphatic heterocycles. The lowest BCUT2D eigenvalue weighted by atomic mass is 9.92. The number of hydrogen-bond donors (Lipinski definition) is 1. The predicted molar refractivity (Wildman–Crippen MR) is 85.2 cm³/mol. The van der Waals surface area contributed by atoms with Gasteiger partial charge in [-0.25, -0.2) is 4.98 Å². The number of fused-ring (bicyclic) bond motifs is 1. The molecule has 4 heteroatoms. The first-order valence-corrected chi connectivity index (χ1v) is 9.37. The first-order valence-electron chi connectivity index (χ1n) is 7.50. The van der Waals surface area contributed by atoms with Crippen molar-refractivity contribution in [2.75, 3.05) is 5.75 Å². The maximum atomic E-state index is 5.05. The summed E-state index contributed by atoms with van der Waals surface area (Å²) in [7, 11) is 0. The molecule has 0 saturated carbocycles. The van der Waals surface area contributed by atoms with Crippen LogP contribution < -0.4 is 5.32 Å². The number of aryl methyl sites for hydroxylation is 2. The molecule has 2 heterocycles. The van der Waals surface area contributed by atoms with Crippen LogP contribution in [0.4, 0.5) is 0 Å². The van der Waals surface area contributed by atoms with Gasteiger partial charge in [0.1, 0.15) is 5.01 Å². The summed E-state index contributed by atoms with van der Waals surface area (Å²) < 4.78 is 0. The zero-order valence-electron chi connectivity index (χ0n) is 12.2. The second-order valence-electron chi connectivity index (χ2n) is 6.13. The molecular formula is C15H24N2S2. The standard InChI is InChI=1S/C15H24N2S2/c1-10(2)17-15(8-9-18-11(15)3)14-16-12-6-4-5-7-13(12)19-14/h10-11,17H,4-9H2,1-3H3. The topological polar surface area (TPSA) is 24.9 Å². The highest BCUT2D eigenvalue weighted by Crippen LogP contribution is 2.46. The Labute approximate surface area is 124 Å². The summed E-state index contributed by atoms with van der Waals surface area (Å²) in [6.07, 6.45) is 6.36. The van der Waals surface area contributed by atoms with Gasteiger partial charge in [-0.15, -0.1) is 11.3 Å². The largest absolute Gasteiger partial charge is 0.302 e. The zero-order chi connectivity index (χ0) is 13.5. The summed E-state index contributed by atoms with van der Waals surface area (Å²) in [5.74, 6) is 1.26. The van der Waals surface area contributed by atoms with E-state index in [1.165, 1.54) is 48.6 Å². The Bertz CT molecular complexity index is 431. The quantitative estimate of drug-likeness (QED) is 0.920. The summed E-state index contributed by atoms with van der Waals surface area (Å²) in [5.41, 5.74) is 1.53. The number of thioether (sulfide) groups is 1. The summed E-state index contributed by atoms with van der Waals surface area (Å²) >= 11 is 4.08. The van der Waals surface area contributed by atoms with Crippen LogP contribution in [0.2, 0.25) is 0 Å². The molecule has 1 aliphatic carbocycles. The van der Waals surface area contributed by atoms with Crippen molar-refractivity contribution >= 4 is 23.1 Å². The van der Waals surface area contributed by atoms with Gasteiger partial charge in [-0.05, 0) is 51.7 Å². The van der Waals surface area contributed by atoms with E-state index < -0.39 is 0 Å². The first kappa shape index (κ1) is 13.9. The lowest BCUT2D eigenvalue weighted by molar-refractivity contribution is 0.304. The maximum absolute atomic E-state index is 5.05. The fourth-order valence-electron chi connectivity index (χ4n) is 3.33. The van der Waals surface area contributed by atoms with Crippen molar-refractivity contribution in [2.45, 2.75) is 69.7 Å². The molecule has 2 atom stereocenters. The molecule has 1 saturated heterocycles. The lowest BCUT2D eigenvalue weighted by Gasteiger charge is -2.34. The molecule has 0 spiro atoms. The van der Waals surface area contributed by atoms with E-state index in [1.54, 1.807) is 4.88 Å². The molecule has 1 aromatic rings. The third-order valence-corrected chi connectivity index (χ3v) is 7.01. The van der Waals surface area contributed by atoms with Crippen LogP contribution in [0.1, 0.15) is 55.6 Å². The smallest absolute Gasteiger partial charge is 0.114 e. The second kappa shape index (κ2) is 5.38. The Morgan fingerprint density at radius 3 is 2.74 bits per heavy atom. The molecule has 1 N–H and O–H groups in total. The van der Waals surface area contributed by atoms with Crippen molar-refractivity contribution in [1.29, 1.82) is 0 Å². The van der Waals surface area contributed by atoms with Gasteiger partial charge in [0, 0.05) is 16.2 Å². The van der Waals surface area contributed by atoms with E-state index in [2.05, 4.69) is 37.8 Å². The number of nitrogens with zero attached hydrogens (tertiary/aromatic N) is 1. The van der Waals surface area contributed by atoms with Crippen LogP contribution in [0.15, 0.2) is 0 Å². The summed E-state index contributed by atoms with van der Waals surface area (Å²) in [6, 6.07) is 0.516. The molecule has 0 aromatic carbocycles. The van der Waals surface area contributed by atoms with Crippen LogP contribution in [-0.4, -0.2) is 22.0 Å². The van der Waals surface area contributed by atoms with Crippen molar-refractivity contribution < 1.29 is 0 Å². The van der Waals surface area contributed by atoms with E-state index in [0.29, 0.717) is 11.3 Å². The highest BCUT2D eigenvalue weighted by Gasteiger charge is 2.45. The number of nitrogens with one attached hydrogen (secondary N) is 1. The normalized spacial score (nSPS) is 30.8. The van der Waals surface area contributed by atoms with Crippen molar-refractivity contribution in [1.82, 2.24) is 10.3 Å². The molecule has 106 valence electrons. The van der Waals surface area contributed by atoms with Gasteiger partial charge in [0.2, 0.25) is 0 Å². The Morgan fingerprint density at radius 1 is 1.32 bits per heavy atom. The van der Waals surface area contributed by atoms with Gasteiger partial charge < -0.3 is 5.32 Å². The van der Waals surface area contributed by atoms with Gasteiger partial charge >= 0.3 is 0 Å². The number of hydrogen-bond acceptors (Lipinski definition) is 4. The van der Waals surface area contributed by atoms with Gasteiger partial charge in [-0.3, -0.25) is 0 Å². The Morgan fingerprint density at radius 2 is 2.11 bits per heavy atom. The van der Waals surface area contributed by atoms with Gasteiger partial charge in [-0.1, -0.05) is 6.92 Å². The minimum Gasteiger partial charge on any atom is -0.302 e. The minimum atomic E-state index is 0.126. The van der Waals surface area contributed by atoms with E-state index >= 15 is 0 Å². The zero-order valence-corrected chi connectivity index (χ0v) is 13.8. The van der Waals surface area contributed by atoms with Gasteiger partial charge in [0.25, 0.3) is 0 Å². The molecule has 0 amide bonds. The van der Waals surface area contributed by atoms with Crippen LogP contribution >= 0.6 is 23.1 Å². The molecule has 0 bridgehead atoms. The summed E-state index contributed by atoms with van der Waals surface area (Å²) in [6.45, 7) is 6.88. The molecule has 1 fully saturated rings. The molecule has 2 aliphatic rings. The summed E-state index contributed by atoms with van der Waals surface area (Å²) in [4.78, 5) is 6.62. The predicted octanol–water partition coefficient (Wildman–Crippen LogP) is 3.74. The first-order chi connectivity index (χ1) is 9.12. The Hall–Kier alpha value is -0.0600. The molecular weight excluding hydrogens is 272 g/mol. The van der Waals surface area contributed by atoms with E-state index in [9.17, 15) is 0 Å². The maximum Gasteiger partial charge on any atom is 0.114 e. The van der Waals surface area contributed by atoms with Crippen molar-refractivity contribution in [3.8, 4) is 0 Å². The molecule has 0 radical (unpaired) electrons. The third kappa shape index (κ3) is 2.47. The third-order valence-electron chi connectivity index (χ3n) is 4.33. The van der Waals surface area contributed by atoms with Crippen molar-refractivity contribution in [2.24, 2.45) is 0 Å². The second-order valence-corrected chi connectivity index (χ2v) is 8.66. The molecule has 19 heavy (non-hydrogen) atoms. The van der Waals surface area contributed by atoms with E-state index in [-0.39, 0.29) is 5.54 Å². The fraction of sp³-hybridized carbons (Fsp3) is 0.800. The highest BCUT2D eigenvalue weighted by molar-refractivity contribution is 8.00. The number of rotatable bonds is 3. The number of aromatic nitrogens is 1. The highest BCUT2D eigenvalue weighted by atomic mass is 32.2. The van der Waals surface area contributed by atoms with Crippen molar-refractivity contribution in [3.63, 3.8) is 0 Å². The molecule has 2 nitrogen and oxygen atoms in total. The van der Waals surface area contributed by atoms with E-state index in [4.69, 9.17) is 4.98 Å². The molecule has 3 rings (SSSR count). The molecule has 2 unspecified atom stereocenters. The van der Waals surface area contributed by atoms with Gasteiger partial charge in [0.05, 0.1) is 11.2 Å². The lowest BCUT2D eigenvalue weighted by Crippen LogP contribution is -2.49. The van der Waals surface area contributed by atoms with Crippen LogP contribution in [0.25, 0.3) is 0 Å². The monoisotopic (exact) mass is 296 g/mol. The van der Waals surface area contributed by atoms with E-state index in [0.717, 1.165) is 0 Å². The average Bonchev–Trinajstić information content (AvgIpc) is 2.94. The fourth-order valence-corrected chi connectivity index (χ4v) is 6.20.